The second-order valence-corrected chi connectivity index (χ2v) is 4.79. The van der Waals surface area contributed by atoms with Crippen molar-refractivity contribution in [2.24, 2.45) is 0 Å². The third-order valence-corrected chi connectivity index (χ3v) is 3.40. The molecule has 0 aliphatic carbocycles. The largest absolute Gasteiger partial charge is 0.390 e. The number of hydrogen-bond acceptors (Lipinski definition) is 4. The van der Waals surface area contributed by atoms with Crippen molar-refractivity contribution < 1.29 is 5.11 Å². The van der Waals surface area contributed by atoms with Crippen LogP contribution < -0.4 is 15.5 Å². The fraction of sp³-hybridized carbons (Fsp3) is 0.538. The maximum Gasteiger partial charge on any atom is 0.0847 e. The number of aliphatic hydroxyl groups excluding tert-OH is 1. The number of piperazine rings is 1. The number of nitrogens with zero attached hydrogens (tertiary/aromatic N) is 1. The van der Waals surface area contributed by atoms with E-state index in [0.717, 1.165) is 31.9 Å². The van der Waals surface area contributed by atoms with E-state index in [0.29, 0.717) is 6.54 Å². The maximum absolute atomic E-state index is 9.42. The first-order valence-electron chi connectivity index (χ1n) is 6.33. The molecule has 1 atom stereocenters. The number of benzene rings is 1. The second-order valence-electron chi connectivity index (χ2n) is 4.48. The Bertz CT molecular complexity index is 369. The van der Waals surface area contributed by atoms with Gasteiger partial charge in [0.05, 0.1) is 12.0 Å². The number of rotatable bonds is 5. The predicted octanol–water partition coefficient (Wildman–Crippen LogP) is 1.11. The van der Waals surface area contributed by atoms with Gasteiger partial charge in [-0.1, -0.05) is 6.07 Å². The quantitative estimate of drug-likeness (QED) is 0.701. The van der Waals surface area contributed by atoms with Crippen molar-refractivity contribution in [3.63, 3.8) is 0 Å². The lowest BCUT2D eigenvalue weighted by Crippen LogP contribution is -2.43. The highest BCUT2D eigenvalue weighted by Crippen LogP contribution is 2.19. The van der Waals surface area contributed by atoms with Crippen LogP contribution in [-0.2, 0) is 0 Å². The molecule has 1 unspecified atom stereocenters. The lowest BCUT2D eigenvalue weighted by atomic mass is 10.2. The van der Waals surface area contributed by atoms with E-state index in [2.05, 4.69) is 27.7 Å². The normalized spacial score (nSPS) is 17.6. The summed E-state index contributed by atoms with van der Waals surface area (Å²) in [6.45, 7) is 4.61. The van der Waals surface area contributed by atoms with Crippen LogP contribution in [0, 0.1) is 0 Å². The molecule has 0 amide bonds. The molecule has 4 nitrogen and oxygen atoms in total. The Hall–Kier alpha value is -0.970. The summed E-state index contributed by atoms with van der Waals surface area (Å²) in [5.74, 6) is 0.254. The van der Waals surface area contributed by atoms with Gasteiger partial charge in [-0.05, 0) is 18.2 Å². The van der Waals surface area contributed by atoms with Gasteiger partial charge in [0.1, 0.15) is 0 Å². The molecule has 1 aliphatic rings. The molecule has 1 heterocycles. The molecule has 3 N–H and O–H groups in total. The molecule has 2 rings (SSSR count). The van der Waals surface area contributed by atoms with Crippen molar-refractivity contribution in [3.05, 3.63) is 24.3 Å². The summed E-state index contributed by atoms with van der Waals surface area (Å²) in [5.41, 5.74) is 2.25. The highest BCUT2D eigenvalue weighted by Gasteiger charge is 2.10. The van der Waals surface area contributed by atoms with Crippen molar-refractivity contribution >= 4 is 23.0 Å². The Morgan fingerprint density at radius 3 is 2.89 bits per heavy atom. The molecular formula is C13H20ClN3O. The van der Waals surface area contributed by atoms with Crippen molar-refractivity contribution in [2.75, 3.05) is 48.8 Å². The first-order valence-corrected chi connectivity index (χ1v) is 6.86. The van der Waals surface area contributed by atoms with Gasteiger partial charge in [-0.3, -0.25) is 0 Å². The van der Waals surface area contributed by atoms with Crippen LogP contribution in [-0.4, -0.2) is 49.8 Å². The highest BCUT2D eigenvalue weighted by molar-refractivity contribution is 6.18. The predicted molar refractivity (Wildman–Crippen MR) is 76.7 cm³/mol. The molecule has 1 aromatic carbocycles. The van der Waals surface area contributed by atoms with Gasteiger partial charge < -0.3 is 20.6 Å². The number of aliphatic hydroxyl groups is 1. The third kappa shape index (κ3) is 3.77. The number of alkyl halides is 1. The van der Waals surface area contributed by atoms with Gasteiger partial charge in [-0.25, -0.2) is 0 Å². The number of nitrogens with one attached hydrogen (secondary N) is 2. The minimum atomic E-state index is -0.505. The Kier molecular flexibility index (Phi) is 5.11. The first-order chi connectivity index (χ1) is 8.79. The van der Waals surface area contributed by atoms with E-state index in [4.69, 9.17) is 11.6 Å². The van der Waals surface area contributed by atoms with Gasteiger partial charge in [0.25, 0.3) is 0 Å². The van der Waals surface area contributed by atoms with E-state index in [9.17, 15) is 5.11 Å². The highest BCUT2D eigenvalue weighted by atomic mass is 35.5. The first kappa shape index (κ1) is 13.5. The topological polar surface area (TPSA) is 47.5 Å². The zero-order chi connectivity index (χ0) is 12.8. The van der Waals surface area contributed by atoms with Crippen LogP contribution in [0.2, 0.25) is 0 Å². The lowest BCUT2D eigenvalue weighted by Gasteiger charge is -2.29. The average molecular weight is 270 g/mol. The standard InChI is InChI=1S/C13H20ClN3O/c14-9-13(18)10-16-11-2-1-3-12(8-11)17-6-4-15-5-7-17/h1-3,8,13,15-16,18H,4-7,9-10H2. The van der Waals surface area contributed by atoms with Crippen LogP contribution in [0.25, 0.3) is 0 Å². The van der Waals surface area contributed by atoms with Gasteiger partial charge in [0, 0.05) is 44.1 Å². The molecule has 1 aromatic rings. The Balaban J connectivity index is 1.96. The van der Waals surface area contributed by atoms with Crippen LogP contribution in [0.4, 0.5) is 11.4 Å². The zero-order valence-corrected chi connectivity index (χ0v) is 11.2. The molecule has 1 saturated heterocycles. The third-order valence-electron chi connectivity index (χ3n) is 3.05. The summed E-state index contributed by atoms with van der Waals surface area (Å²) < 4.78 is 0. The second kappa shape index (κ2) is 6.83. The lowest BCUT2D eigenvalue weighted by molar-refractivity contribution is 0.211. The van der Waals surface area contributed by atoms with E-state index in [1.165, 1.54) is 5.69 Å². The molecule has 0 bridgehead atoms. The fourth-order valence-corrected chi connectivity index (χ4v) is 2.13. The van der Waals surface area contributed by atoms with E-state index >= 15 is 0 Å². The van der Waals surface area contributed by atoms with Crippen LogP contribution in [0.1, 0.15) is 0 Å². The van der Waals surface area contributed by atoms with E-state index in [1.807, 2.05) is 12.1 Å². The molecule has 0 radical (unpaired) electrons. The molecule has 5 heteroatoms. The fourth-order valence-electron chi connectivity index (χ4n) is 2.03. The minimum Gasteiger partial charge on any atom is -0.390 e. The molecule has 1 fully saturated rings. The van der Waals surface area contributed by atoms with Crippen LogP contribution in [0.15, 0.2) is 24.3 Å². The Morgan fingerprint density at radius 1 is 1.39 bits per heavy atom. The number of anilines is 2. The molecule has 0 spiro atoms. The Labute approximate surface area is 113 Å². The number of halogens is 1. The van der Waals surface area contributed by atoms with Crippen molar-refractivity contribution in [2.45, 2.75) is 6.10 Å². The van der Waals surface area contributed by atoms with E-state index < -0.39 is 6.10 Å². The van der Waals surface area contributed by atoms with Gasteiger partial charge in [-0.2, -0.15) is 0 Å². The molecular weight excluding hydrogens is 250 g/mol. The summed E-state index contributed by atoms with van der Waals surface area (Å²) >= 11 is 5.57. The molecule has 1 aliphatic heterocycles. The summed E-state index contributed by atoms with van der Waals surface area (Å²) in [7, 11) is 0. The SMILES string of the molecule is OC(CCl)CNc1cccc(N2CCNCC2)c1. The monoisotopic (exact) mass is 269 g/mol. The van der Waals surface area contributed by atoms with Gasteiger partial charge in [-0.15, -0.1) is 11.6 Å². The molecule has 0 aromatic heterocycles. The minimum absolute atomic E-state index is 0.254. The zero-order valence-electron chi connectivity index (χ0n) is 10.4. The van der Waals surface area contributed by atoms with Crippen LogP contribution in [0.5, 0.6) is 0 Å². The van der Waals surface area contributed by atoms with Crippen LogP contribution in [0.3, 0.4) is 0 Å². The van der Waals surface area contributed by atoms with Crippen molar-refractivity contribution in [3.8, 4) is 0 Å². The molecule has 100 valence electrons. The number of hydrogen-bond donors (Lipinski definition) is 3. The van der Waals surface area contributed by atoms with Crippen molar-refractivity contribution in [1.29, 1.82) is 0 Å². The molecule has 0 saturated carbocycles. The summed E-state index contributed by atoms with van der Waals surface area (Å²) in [4.78, 5) is 2.36. The van der Waals surface area contributed by atoms with Crippen molar-refractivity contribution in [1.82, 2.24) is 5.32 Å². The smallest absolute Gasteiger partial charge is 0.0847 e. The maximum atomic E-state index is 9.42. The summed E-state index contributed by atoms with van der Waals surface area (Å²) in [6, 6.07) is 8.28. The van der Waals surface area contributed by atoms with E-state index in [1.54, 1.807) is 0 Å². The van der Waals surface area contributed by atoms with Gasteiger partial charge in [0.15, 0.2) is 0 Å². The Morgan fingerprint density at radius 2 is 2.17 bits per heavy atom. The van der Waals surface area contributed by atoms with Gasteiger partial charge in [0.2, 0.25) is 0 Å². The average Bonchev–Trinajstić information content (AvgIpc) is 2.46. The molecule has 18 heavy (non-hydrogen) atoms. The van der Waals surface area contributed by atoms with E-state index in [-0.39, 0.29) is 5.88 Å². The summed E-state index contributed by atoms with van der Waals surface area (Å²) in [6.07, 6.45) is -0.505. The summed E-state index contributed by atoms with van der Waals surface area (Å²) in [5, 5.41) is 16.0. The van der Waals surface area contributed by atoms with Crippen LogP contribution >= 0.6 is 11.6 Å². The van der Waals surface area contributed by atoms with Gasteiger partial charge >= 0.3 is 0 Å².